The van der Waals surface area contributed by atoms with Gasteiger partial charge in [0.2, 0.25) is 11.9 Å². The highest BCUT2D eigenvalue weighted by Crippen LogP contribution is 2.28. The molecule has 21 heavy (non-hydrogen) atoms. The summed E-state index contributed by atoms with van der Waals surface area (Å²) in [5.74, 6) is -0.264. The lowest BCUT2D eigenvalue weighted by Gasteiger charge is -2.31. The summed E-state index contributed by atoms with van der Waals surface area (Å²) in [6, 6.07) is 0. The molecule has 1 aromatic heterocycles. The zero-order valence-electron chi connectivity index (χ0n) is 11.1. The van der Waals surface area contributed by atoms with Crippen molar-refractivity contribution in [3.63, 3.8) is 0 Å². The largest absolute Gasteiger partial charge is 0.419 e. The fraction of sp³-hybridized carbons (Fsp3) is 0.583. The van der Waals surface area contributed by atoms with Crippen molar-refractivity contribution in [3.05, 3.63) is 18.0 Å². The molecule has 0 aromatic carbocycles. The molecule has 1 aliphatic rings. The van der Waals surface area contributed by atoms with Crippen LogP contribution in [0, 0.1) is 0 Å². The Hall–Kier alpha value is -1.90. The second-order valence-corrected chi connectivity index (χ2v) is 4.73. The monoisotopic (exact) mass is 304 g/mol. The lowest BCUT2D eigenvalue weighted by Crippen LogP contribution is -2.39. The van der Waals surface area contributed by atoms with Crippen LogP contribution in [0.2, 0.25) is 0 Å². The third-order valence-corrected chi connectivity index (χ3v) is 3.15. The van der Waals surface area contributed by atoms with E-state index in [1.807, 2.05) is 0 Å². The van der Waals surface area contributed by atoms with Crippen LogP contribution in [-0.2, 0) is 15.7 Å². The molecule has 9 heteroatoms. The number of nitrogens with zero attached hydrogens (tertiary/aromatic N) is 3. The first-order valence-electron chi connectivity index (χ1n) is 6.40. The SMILES string of the molecule is NC(=O)COC1CCN(c2ncc(C(F)(F)F)cn2)CC1. The number of hydrogen-bond acceptors (Lipinski definition) is 5. The zero-order valence-corrected chi connectivity index (χ0v) is 11.1. The van der Waals surface area contributed by atoms with Crippen molar-refractivity contribution in [1.29, 1.82) is 0 Å². The number of hydrogen-bond donors (Lipinski definition) is 1. The van der Waals surface area contributed by atoms with Gasteiger partial charge in [0.25, 0.3) is 0 Å². The molecule has 1 fully saturated rings. The number of aromatic nitrogens is 2. The van der Waals surface area contributed by atoms with Gasteiger partial charge in [-0.05, 0) is 12.8 Å². The number of primary amides is 1. The van der Waals surface area contributed by atoms with E-state index in [2.05, 4.69) is 9.97 Å². The molecule has 1 aromatic rings. The molecule has 0 aliphatic carbocycles. The summed E-state index contributed by atoms with van der Waals surface area (Å²) in [6.07, 6.45) is -1.69. The molecule has 0 atom stereocenters. The lowest BCUT2D eigenvalue weighted by molar-refractivity contribution is -0.138. The summed E-state index contributed by atoms with van der Waals surface area (Å²) in [4.78, 5) is 19.9. The molecule has 0 bridgehead atoms. The summed E-state index contributed by atoms with van der Waals surface area (Å²) < 4.78 is 42.5. The van der Waals surface area contributed by atoms with Crippen LogP contribution in [0.15, 0.2) is 12.4 Å². The standard InChI is InChI=1S/C12H15F3N4O2/c13-12(14,15)8-5-17-11(18-6-8)19-3-1-9(2-4-19)21-7-10(16)20/h5-6,9H,1-4,7H2,(H2,16,20). The van der Waals surface area contributed by atoms with Crippen LogP contribution in [0.3, 0.4) is 0 Å². The van der Waals surface area contributed by atoms with Gasteiger partial charge in [0.1, 0.15) is 6.61 Å². The number of rotatable bonds is 4. The van der Waals surface area contributed by atoms with Crippen LogP contribution >= 0.6 is 0 Å². The van der Waals surface area contributed by atoms with Crippen LogP contribution in [-0.4, -0.2) is 41.7 Å². The topological polar surface area (TPSA) is 81.3 Å². The van der Waals surface area contributed by atoms with E-state index in [0.29, 0.717) is 25.9 Å². The number of carbonyl (C=O) groups excluding carboxylic acids is 1. The van der Waals surface area contributed by atoms with E-state index in [9.17, 15) is 18.0 Å². The van der Waals surface area contributed by atoms with Gasteiger partial charge in [0, 0.05) is 25.5 Å². The van der Waals surface area contributed by atoms with E-state index in [0.717, 1.165) is 12.4 Å². The third-order valence-electron chi connectivity index (χ3n) is 3.15. The van der Waals surface area contributed by atoms with Crippen molar-refractivity contribution in [3.8, 4) is 0 Å². The highest BCUT2D eigenvalue weighted by molar-refractivity contribution is 5.75. The number of amides is 1. The quantitative estimate of drug-likeness (QED) is 0.896. The Morgan fingerprint density at radius 2 is 1.90 bits per heavy atom. The molecule has 2 rings (SSSR count). The van der Waals surface area contributed by atoms with E-state index < -0.39 is 17.6 Å². The van der Waals surface area contributed by atoms with Crippen molar-refractivity contribution in [2.45, 2.75) is 25.1 Å². The summed E-state index contributed by atoms with van der Waals surface area (Å²) in [5.41, 5.74) is 4.12. The normalized spacial score (nSPS) is 17.0. The summed E-state index contributed by atoms with van der Waals surface area (Å²) in [5, 5.41) is 0. The molecule has 0 spiro atoms. The fourth-order valence-electron chi connectivity index (χ4n) is 2.05. The molecule has 6 nitrogen and oxygen atoms in total. The van der Waals surface area contributed by atoms with Crippen LogP contribution in [0.25, 0.3) is 0 Å². The Morgan fingerprint density at radius 1 is 1.33 bits per heavy atom. The minimum Gasteiger partial charge on any atom is -0.368 e. The van der Waals surface area contributed by atoms with Crippen molar-refractivity contribution in [2.24, 2.45) is 5.73 Å². The van der Waals surface area contributed by atoms with Crippen molar-refractivity contribution in [2.75, 3.05) is 24.6 Å². The Morgan fingerprint density at radius 3 is 2.38 bits per heavy atom. The summed E-state index contributed by atoms with van der Waals surface area (Å²) in [6.45, 7) is 0.977. The Labute approximate surface area is 119 Å². The summed E-state index contributed by atoms with van der Waals surface area (Å²) in [7, 11) is 0. The summed E-state index contributed by atoms with van der Waals surface area (Å²) >= 11 is 0. The van der Waals surface area contributed by atoms with Crippen molar-refractivity contribution >= 4 is 11.9 Å². The lowest BCUT2D eigenvalue weighted by atomic mass is 10.1. The molecule has 1 saturated heterocycles. The predicted molar refractivity (Wildman–Crippen MR) is 67.4 cm³/mol. The fourth-order valence-corrected chi connectivity index (χ4v) is 2.05. The van der Waals surface area contributed by atoms with Crippen LogP contribution < -0.4 is 10.6 Å². The molecule has 0 unspecified atom stereocenters. The van der Waals surface area contributed by atoms with Gasteiger partial charge in [-0.15, -0.1) is 0 Å². The third kappa shape index (κ3) is 4.28. The van der Waals surface area contributed by atoms with Crippen LogP contribution in [0.5, 0.6) is 0 Å². The first-order valence-corrected chi connectivity index (χ1v) is 6.40. The molecule has 1 aliphatic heterocycles. The first-order chi connectivity index (χ1) is 9.86. The number of halogens is 3. The highest BCUT2D eigenvalue weighted by Gasteiger charge is 2.32. The van der Waals surface area contributed by atoms with Gasteiger partial charge < -0.3 is 15.4 Å². The van der Waals surface area contributed by atoms with Gasteiger partial charge in [-0.1, -0.05) is 0 Å². The smallest absolute Gasteiger partial charge is 0.368 e. The van der Waals surface area contributed by atoms with E-state index in [4.69, 9.17) is 10.5 Å². The van der Waals surface area contributed by atoms with Gasteiger partial charge >= 0.3 is 6.18 Å². The maximum atomic E-state index is 12.4. The molecule has 0 saturated carbocycles. The number of alkyl halides is 3. The maximum absolute atomic E-state index is 12.4. The van der Waals surface area contributed by atoms with Crippen molar-refractivity contribution in [1.82, 2.24) is 9.97 Å². The number of piperidine rings is 1. The minimum atomic E-state index is -4.44. The Bertz CT molecular complexity index is 484. The second kappa shape index (κ2) is 6.25. The van der Waals surface area contributed by atoms with Crippen LogP contribution in [0.1, 0.15) is 18.4 Å². The molecule has 2 heterocycles. The Balaban J connectivity index is 1.89. The molecular weight excluding hydrogens is 289 g/mol. The van der Waals surface area contributed by atoms with Gasteiger partial charge in [-0.25, -0.2) is 9.97 Å². The van der Waals surface area contributed by atoms with E-state index >= 15 is 0 Å². The molecular formula is C12H15F3N4O2. The number of nitrogens with two attached hydrogens (primary N) is 1. The Kier molecular flexibility index (Phi) is 4.61. The first kappa shape index (κ1) is 15.5. The predicted octanol–water partition coefficient (Wildman–Crippen LogP) is 0.966. The highest BCUT2D eigenvalue weighted by atomic mass is 19.4. The van der Waals surface area contributed by atoms with Gasteiger partial charge in [-0.2, -0.15) is 13.2 Å². The van der Waals surface area contributed by atoms with Gasteiger partial charge in [0.15, 0.2) is 0 Å². The molecule has 116 valence electrons. The molecule has 0 radical (unpaired) electrons. The average molecular weight is 304 g/mol. The molecule has 2 N–H and O–H groups in total. The zero-order chi connectivity index (χ0) is 15.5. The maximum Gasteiger partial charge on any atom is 0.419 e. The van der Waals surface area contributed by atoms with Gasteiger partial charge in [0.05, 0.1) is 11.7 Å². The number of anilines is 1. The number of ether oxygens (including phenoxy) is 1. The van der Waals surface area contributed by atoms with E-state index in [1.54, 1.807) is 4.90 Å². The number of carbonyl (C=O) groups is 1. The van der Waals surface area contributed by atoms with E-state index in [-0.39, 0.29) is 18.7 Å². The molecule has 1 amide bonds. The van der Waals surface area contributed by atoms with E-state index in [1.165, 1.54) is 0 Å². The van der Waals surface area contributed by atoms with Gasteiger partial charge in [-0.3, -0.25) is 4.79 Å². The average Bonchev–Trinajstić information content (AvgIpc) is 2.45. The van der Waals surface area contributed by atoms with Crippen LogP contribution in [0.4, 0.5) is 19.1 Å². The minimum absolute atomic E-state index is 0.0804. The second-order valence-electron chi connectivity index (χ2n) is 4.73. The van der Waals surface area contributed by atoms with Crippen molar-refractivity contribution < 1.29 is 22.7 Å².